The summed E-state index contributed by atoms with van der Waals surface area (Å²) >= 11 is 0. The van der Waals surface area contributed by atoms with Crippen molar-refractivity contribution in [2.24, 2.45) is 0 Å². The predicted octanol–water partition coefficient (Wildman–Crippen LogP) is 4.27. The fraction of sp³-hybridized carbons (Fsp3) is 0.222. The third kappa shape index (κ3) is 3.57. The fourth-order valence-corrected chi connectivity index (χ4v) is 2.13. The molecule has 110 valence electrons. The van der Waals surface area contributed by atoms with E-state index in [0.29, 0.717) is 0 Å². The molecule has 0 spiro atoms. The average molecular weight is 284 g/mol. The Labute approximate surface area is 125 Å². The van der Waals surface area contributed by atoms with Crippen molar-refractivity contribution in [3.63, 3.8) is 0 Å². The van der Waals surface area contributed by atoms with Crippen LogP contribution in [0.1, 0.15) is 18.1 Å². The van der Waals surface area contributed by atoms with Crippen molar-refractivity contribution in [1.82, 2.24) is 0 Å². The summed E-state index contributed by atoms with van der Waals surface area (Å²) in [5.41, 5.74) is 3.40. The van der Waals surface area contributed by atoms with E-state index in [1.165, 1.54) is 5.57 Å². The SMILES string of the molecule is COc1ccc(/C(C)=C/c2ccc(OC)c(OC)c2)cc1. The van der Waals surface area contributed by atoms with Crippen molar-refractivity contribution in [1.29, 1.82) is 0 Å². The number of ether oxygens (including phenoxy) is 3. The van der Waals surface area contributed by atoms with Gasteiger partial charge in [0.25, 0.3) is 0 Å². The summed E-state index contributed by atoms with van der Waals surface area (Å²) in [6.07, 6.45) is 2.11. The van der Waals surface area contributed by atoms with Gasteiger partial charge in [-0.1, -0.05) is 24.3 Å². The van der Waals surface area contributed by atoms with Gasteiger partial charge in [0.05, 0.1) is 21.3 Å². The van der Waals surface area contributed by atoms with Gasteiger partial charge in [-0.3, -0.25) is 0 Å². The summed E-state index contributed by atoms with van der Waals surface area (Å²) in [7, 11) is 4.94. The lowest BCUT2D eigenvalue weighted by Gasteiger charge is -2.09. The lowest BCUT2D eigenvalue weighted by Crippen LogP contribution is -1.90. The summed E-state index contributed by atoms with van der Waals surface area (Å²) in [5.74, 6) is 2.32. The van der Waals surface area contributed by atoms with Gasteiger partial charge >= 0.3 is 0 Å². The van der Waals surface area contributed by atoms with Crippen LogP contribution in [0, 0.1) is 0 Å². The minimum atomic E-state index is 0.730. The minimum Gasteiger partial charge on any atom is -0.497 e. The summed E-state index contributed by atoms with van der Waals surface area (Å²) in [6.45, 7) is 2.08. The number of methoxy groups -OCH3 is 3. The molecule has 0 saturated heterocycles. The van der Waals surface area contributed by atoms with Crippen LogP contribution in [-0.4, -0.2) is 21.3 Å². The van der Waals surface area contributed by atoms with Gasteiger partial charge in [0.15, 0.2) is 11.5 Å². The molecule has 0 amide bonds. The van der Waals surface area contributed by atoms with Crippen LogP contribution in [0.4, 0.5) is 0 Å². The van der Waals surface area contributed by atoms with Crippen molar-refractivity contribution in [2.75, 3.05) is 21.3 Å². The van der Waals surface area contributed by atoms with Crippen LogP contribution in [0.5, 0.6) is 17.2 Å². The Morgan fingerprint density at radius 1 is 0.810 bits per heavy atom. The first-order chi connectivity index (χ1) is 10.2. The first-order valence-electron chi connectivity index (χ1n) is 6.72. The molecular weight excluding hydrogens is 264 g/mol. The van der Waals surface area contributed by atoms with Crippen molar-refractivity contribution < 1.29 is 14.2 Å². The molecule has 0 atom stereocenters. The van der Waals surface area contributed by atoms with E-state index in [0.717, 1.165) is 28.4 Å². The van der Waals surface area contributed by atoms with E-state index in [2.05, 4.69) is 13.0 Å². The molecular formula is C18H20O3. The molecule has 2 rings (SSSR count). The molecule has 0 aliphatic carbocycles. The molecule has 2 aromatic carbocycles. The molecule has 21 heavy (non-hydrogen) atoms. The maximum absolute atomic E-state index is 5.32. The second kappa shape index (κ2) is 6.84. The van der Waals surface area contributed by atoms with Crippen molar-refractivity contribution in [2.45, 2.75) is 6.92 Å². The normalized spacial score (nSPS) is 11.1. The number of allylic oxidation sites excluding steroid dienone is 1. The molecule has 3 heteroatoms. The molecule has 0 radical (unpaired) electrons. The maximum Gasteiger partial charge on any atom is 0.161 e. The Morgan fingerprint density at radius 2 is 1.48 bits per heavy atom. The summed E-state index contributed by atoms with van der Waals surface area (Å²) in [6, 6.07) is 13.9. The first-order valence-corrected chi connectivity index (χ1v) is 6.72. The molecule has 0 N–H and O–H groups in total. The third-order valence-electron chi connectivity index (χ3n) is 3.34. The van der Waals surface area contributed by atoms with Crippen LogP contribution in [0.25, 0.3) is 11.6 Å². The summed E-state index contributed by atoms with van der Waals surface area (Å²) < 4.78 is 15.7. The summed E-state index contributed by atoms with van der Waals surface area (Å²) in [4.78, 5) is 0. The van der Waals surface area contributed by atoms with Crippen LogP contribution >= 0.6 is 0 Å². The fourth-order valence-electron chi connectivity index (χ4n) is 2.13. The molecule has 0 aliphatic rings. The van der Waals surface area contributed by atoms with Gasteiger partial charge in [0.2, 0.25) is 0 Å². The largest absolute Gasteiger partial charge is 0.497 e. The second-order valence-electron chi connectivity index (χ2n) is 4.67. The Balaban J connectivity index is 2.29. The zero-order chi connectivity index (χ0) is 15.2. The Hall–Kier alpha value is -2.42. The highest BCUT2D eigenvalue weighted by atomic mass is 16.5. The third-order valence-corrected chi connectivity index (χ3v) is 3.34. The van der Waals surface area contributed by atoms with E-state index in [1.807, 2.05) is 42.5 Å². The standard InChI is InChI=1S/C18H20O3/c1-13(15-6-8-16(19-2)9-7-15)11-14-5-10-17(20-3)18(12-14)21-4/h5-12H,1-4H3/b13-11+. The van der Waals surface area contributed by atoms with E-state index in [1.54, 1.807) is 21.3 Å². The number of hydrogen-bond acceptors (Lipinski definition) is 3. The highest BCUT2D eigenvalue weighted by Gasteiger charge is 2.04. The maximum atomic E-state index is 5.32. The number of hydrogen-bond donors (Lipinski definition) is 0. The van der Waals surface area contributed by atoms with Crippen LogP contribution in [0.3, 0.4) is 0 Å². The molecule has 0 bridgehead atoms. The van der Waals surface area contributed by atoms with Crippen molar-refractivity contribution >= 4 is 11.6 Å². The zero-order valence-electron chi connectivity index (χ0n) is 12.8. The lowest BCUT2D eigenvalue weighted by molar-refractivity contribution is 0.355. The Kier molecular flexibility index (Phi) is 4.88. The molecule has 0 saturated carbocycles. The van der Waals surface area contributed by atoms with Gasteiger partial charge in [-0.05, 0) is 47.9 Å². The number of benzene rings is 2. The van der Waals surface area contributed by atoms with E-state index < -0.39 is 0 Å². The Morgan fingerprint density at radius 3 is 2.05 bits per heavy atom. The van der Waals surface area contributed by atoms with Crippen molar-refractivity contribution in [3.05, 3.63) is 53.6 Å². The monoisotopic (exact) mass is 284 g/mol. The predicted molar refractivity (Wildman–Crippen MR) is 86.1 cm³/mol. The van der Waals surface area contributed by atoms with Gasteiger partial charge in [-0.15, -0.1) is 0 Å². The quantitative estimate of drug-likeness (QED) is 0.767. The number of rotatable bonds is 5. The topological polar surface area (TPSA) is 27.7 Å². The second-order valence-corrected chi connectivity index (χ2v) is 4.67. The molecule has 0 fully saturated rings. The molecule has 3 nitrogen and oxygen atoms in total. The van der Waals surface area contributed by atoms with Gasteiger partial charge in [-0.2, -0.15) is 0 Å². The van der Waals surface area contributed by atoms with Crippen LogP contribution in [0.15, 0.2) is 42.5 Å². The average Bonchev–Trinajstić information content (AvgIpc) is 2.54. The van der Waals surface area contributed by atoms with Crippen LogP contribution in [-0.2, 0) is 0 Å². The van der Waals surface area contributed by atoms with Crippen LogP contribution in [0.2, 0.25) is 0 Å². The van der Waals surface area contributed by atoms with Gasteiger partial charge in [-0.25, -0.2) is 0 Å². The highest BCUT2D eigenvalue weighted by Crippen LogP contribution is 2.29. The minimum absolute atomic E-state index is 0.730. The van der Waals surface area contributed by atoms with Gasteiger partial charge < -0.3 is 14.2 Å². The van der Waals surface area contributed by atoms with E-state index >= 15 is 0 Å². The smallest absolute Gasteiger partial charge is 0.161 e. The van der Waals surface area contributed by atoms with E-state index in [9.17, 15) is 0 Å². The molecule has 0 heterocycles. The Bertz CT molecular complexity index is 627. The zero-order valence-corrected chi connectivity index (χ0v) is 12.8. The first kappa shape index (κ1) is 15.0. The van der Waals surface area contributed by atoms with Crippen LogP contribution < -0.4 is 14.2 Å². The van der Waals surface area contributed by atoms with E-state index in [-0.39, 0.29) is 0 Å². The summed E-state index contributed by atoms with van der Waals surface area (Å²) in [5, 5.41) is 0. The molecule has 0 aromatic heterocycles. The van der Waals surface area contributed by atoms with E-state index in [4.69, 9.17) is 14.2 Å². The molecule has 0 aliphatic heterocycles. The lowest BCUT2D eigenvalue weighted by atomic mass is 10.0. The highest BCUT2D eigenvalue weighted by molar-refractivity contribution is 5.80. The van der Waals surface area contributed by atoms with Gasteiger partial charge in [0, 0.05) is 0 Å². The molecule has 0 unspecified atom stereocenters. The van der Waals surface area contributed by atoms with Crippen molar-refractivity contribution in [3.8, 4) is 17.2 Å². The molecule has 2 aromatic rings. The van der Waals surface area contributed by atoms with Gasteiger partial charge in [0.1, 0.15) is 5.75 Å².